The molecule has 0 radical (unpaired) electrons. The number of rotatable bonds is 24. The molecule has 4 N–H and O–H groups in total. The number of halogens is 1. The van der Waals surface area contributed by atoms with Crippen LogP contribution in [0, 0.1) is 23.1 Å². The van der Waals surface area contributed by atoms with Crippen LogP contribution in [0.5, 0.6) is 0 Å². The van der Waals surface area contributed by atoms with Gasteiger partial charge in [-0.1, -0.05) is 72.8 Å². The van der Waals surface area contributed by atoms with E-state index in [0.29, 0.717) is 29.2 Å². The molecular weight excluding hydrogens is 788 g/mol. The number of esters is 1. The van der Waals surface area contributed by atoms with Crippen molar-refractivity contribution in [2.24, 2.45) is 17.3 Å². The molecule has 0 unspecified atom stereocenters. The Morgan fingerprint density at radius 3 is 2.38 bits per heavy atom. The van der Waals surface area contributed by atoms with Gasteiger partial charge in [-0.25, -0.2) is 9.37 Å². The SMILES string of the molecule is CCCCCCN(C(=O)[C@@H](NC(=O)[C@H]1CCCCN1C)[C@@H](C)CC)[C@H](C[C@@H](OC(C)=O)c1nc(C(=O)N[C@H](Cc2ccc(NC)c(F)c2)CC(C)(C)C(=O)O)cs1)C(C)C. The Morgan fingerprint density at radius 1 is 1.08 bits per heavy atom. The van der Waals surface area contributed by atoms with Crippen LogP contribution in [-0.2, 0) is 30.3 Å². The highest BCUT2D eigenvalue weighted by Crippen LogP contribution is 2.33. The standard InChI is InChI=1S/C45H71FN6O7S/c1-11-13-14-16-22-52(43(56)39(29(5)12-2)50-41(55)36-18-15-17-21-51(36)10)37(28(3)4)25-38(59-30(6)53)42-49-35(27-60-42)40(54)48-32(26-45(7,8)44(57)58)23-31-19-20-34(47-9)33(46)24-31/h19-20,24,27-29,32,36-39,47H,11-18,21-23,25-26H2,1-10H3,(H,48,54)(H,50,55)(H,57,58)/t29-,32+,36+,37+,38+,39-/m0/s1. The van der Waals surface area contributed by atoms with Gasteiger partial charge in [0.1, 0.15) is 22.6 Å². The summed E-state index contributed by atoms with van der Waals surface area (Å²) in [5, 5.41) is 20.7. The van der Waals surface area contributed by atoms with Crippen LogP contribution in [0.1, 0.15) is 147 Å². The number of carbonyl (C=O) groups is 5. The highest BCUT2D eigenvalue weighted by Gasteiger charge is 2.39. The van der Waals surface area contributed by atoms with E-state index >= 15 is 0 Å². The molecule has 0 bridgehead atoms. The third kappa shape index (κ3) is 14.5. The quantitative estimate of drug-likeness (QED) is 0.0609. The number of nitrogens with zero attached hydrogens (tertiary/aromatic N) is 3. The van der Waals surface area contributed by atoms with E-state index in [9.17, 15) is 33.5 Å². The number of carboxylic acids is 1. The molecule has 0 saturated carbocycles. The molecule has 13 nitrogen and oxygen atoms in total. The van der Waals surface area contributed by atoms with Crippen LogP contribution in [0.3, 0.4) is 0 Å². The van der Waals surface area contributed by atoms with E-state index < -0.39 is 53.3 Å². The van der Waals surface area contributed by atoms with Gasteiger partial charge in [-0.3, -0.25) is 28.9 Å². The van der Waals surface area contributed by atoms with Crippen molar-refractivity contribution >= 4 is 46.7 Å². The number of ether oxygens (including phenoxy) is 1. The van der Waals surface area contributed by atoms with Gasteiger partial charge >= 0.3 is 11.9 Å². The number of benzene rings is 1. The average molecular weight is 859 g/mol. The van der Waals surface area contributed by atoms with E-state index in [4.69, 9.17) is 4.74 Å². The van der Waals surface area contributed by atoms with Crippen molar-refractivity contribution in [1.29, 1.82) is 0 Å². The molecular formula is C45H71FN6O7S. The van der Waals surface area contributed by atoms with Crippen LogP contribution < -0.4 is 16.0 Å². The molecule has 1 aromatic heterocycles. The molecule has 0 aliphatic carbocycles. The van der Waals surface area contributed by atoms with Crippen LogP contribution in [-0.4, -0.2) is 101 Å². The summed E-state index contributed by atoms with van der Waals surface area (Å²) in [4.78, 5) is 75.8. The van der Waals surface area contributed by atoms with Gasteiger partial charge in [0, 0.05) is 44.4 Å². The van der Waals surface area contributed by atoms with E-state index in [1.54, 1.807) is 38.4 Å². The second-order valence-corrected chi connectivity index (χ2v) is 18.4. The normalized spacial score (nSPS) is 17.2. The number of carboxylic acid groups (broad SMARTS) is 1. The summed E-state index contributed by atoms with van der Waals surface area (Å²) in [6, 6.07) is 2.54. The lowest BCUT2D eigenvalue weighted by molar-refractivity contribution is -0.150. The van der Waals surface area contributed by atoms with Gasteiger partial charge in [0.15, 0.2) is 6.10 Å². The average Bonchev–Trinajstić information content (AvgIpc) is 3.69. The first-order chi connectivity index (χ1) is 28.3. The molecule has 6 atom stereocenters. The minimum Gasteiger partial charge on any atom is -0.481 e. The topological polar surface area (TPSA) is 170 Å². The number of nitrogens with one attached hydrogen (secondary N) is 3. The Labute approximate surface area is 361 Å². The van der Waals surface area contributed by atoms with E-state index in [0.717, 1.165) is 62.8 Å². The third-order valence-corrected chi connectivity index (χ3v) is 12.7. The zero-order valence-electron chi connectivity index (χ0n) is 37.6. The minimum atomic E-state index is -1.20. The number of carbonyl (C=O) groups excluding carboxylic acids is 4. The Morgan fingerprint density at radius 2 is 1.80 bits per heavy atom. The Kier molecular flexibility index (Phi) is 19.9. The van der Waals surface area contributed by atoms with Gasteiger partial charge in [-0.05, 0) is 89.1 Å². The molecule has 1 aliphatic heterocycles. The van der Waals surface area contributed by atoms with Crippen molar-refractivity contribution in [3.63, 3.8) is 0 Å². The van der Waals surface area contributed by atoms with Crippen LogP contribution in [0.25, 0.3) is 0 Å². The monoisotopic (exact) mass is 859 g/mol. The maximum Gasteiger partial charge on any atom is 0.309 e. The van der Waals surface area contributed by atoms with Crippen LogP contribution in [0.4, 0.5) is 10.1 Å². The lowest BCUT2D eigenvalue weighted by atomic mass is 9.84. The number of hydrogen-bond donors (Lipinski definition) is 4. The fourth-order valence-corrected chi connectivity index (χ4v) is 8.73. The number of unbranched alkanes of at least 4 members (excludes halogenated alkanes) is 3. The summed E-state index contributed by atoms with van der Waals surface area (Å²) in [6.07, 6.45) is 6.69. The first-order valence-corrected chi connectivity index (χ1v) is 22.6. The number of likely N-dealkylation sites (tertiary alicyclic amines) is 1. The first-order valence-electron chi connectivity index (χ1n) is 21.8. The van der Waals surface area contributed by atoms with Crippen molar-refractivity contribution in [2.75, 3.05) is 32.5 Å². The minimum absolute atomic E-state index is 0.0582. The third-order valence-electron chi connectivity index (χ3n) is 11.8. The number of piperidine rings is 1. The van der Waals surface area contributed by atoms with Crippen molar-refractivity contribution in [3.8, 4) is 0 Å². The van der Waals surface area contributed by atoms with E-state index in [1.807, 2.05) is 39.6 Å². The Balaban J connectivity index is 1.95. The largest absolute Gasteiger partial charge is 0.481 e. The number of anilines is 1. The van der Waals surface area contributed by atoms with Gasteiger partial charge < -0.3 is 30.7 Å². The van der Waals surface area contributed by atoms with Crippen molar-refractivity contribution in [2.45, 2.75) is 156 Å². The van der Waals surface area contributed by atoms with Gasteiger partial charge in [0.25, 0.3) is 5.91 Å². The van der Waals surface area contributed by atoms with Gasteiger partial charge in [0.2, 0.25) is 11.8 Å². The molecule has 60 heavy (non-hydrogen) atoms. The van der Waals surface area contributed by atoms with Gasteiger partial charge in [-0.2, -0.15) is 0 Å². The van der Waals surface area contributed by atoms with Crippen LogP contribution in [0.2, 0.25) is 0 Å². The predicted octanol–water partition coefficient (Wildman–Crippen LogP) is 7.61. The highest BCUT2D eigenvalue weighted by atomic mass is 32.1. The first kappa shape index (κ1) is 50.2. The molecule has 1 fully saturated rings. The Hall–Kier alpha value is -4.11. The lowest BCUT2D eigenvalue weighted by Crippen LogP contribution is -2.59. The number of thiazole rings is 1. The summed E-state index contributed by atoms with van der Waals surface area (Å²) >= 11 is 1.16. The molecule has 1 aliphatic rings. The van der Waals surface area contributed by atoms with E-state index in [-0.39, 0.29) is 54.6 Å². The molecule has 3 rings (SSSR count). The molecule has 2 heterocycles. The van der Waals surface area contributed by atoms with Crippen molar-refractivity contribution in [1.82, 2.24) is 25.4 Å². The molecule has 1 saturated heterocycles. The van der Waals surface area contributed by atoms with Crippen molar-refractivity contribution in [3.05, 3.63) is 45.7 Å². The zero-order chi connectivity index (χ0) is 44.7. The smallest absolute Gasteiger partial charge is 0.309 e. The summed E-state index contributed by atoms with van der Waals surface area (Å²) in [5.74, 6) is -3.12. The van der Waals surface area contributed by atoms with E-state index in [2.05, 4.69) is 32.8 Å². The molecule has 1 aromatic carbocycles. The van der Waals surface area contributed by atoms with Crippen LogP contribution >= 0.6 is 11.3 Å². The Bertz CT molecular complexity index is 1740. The van der Waals surface area contributed by atoms with Gasteiger partial charge in [-0.15, -0.1) is 11.3 Å². The maximum atomic E-state index is 14.9. The number of amides is 3. The zero-order valence-corrected chi connectivity index (χ0v) is 38.4. The number of aliphatic carboxylic acids is 1. The fourth-order valence-electron chi connectivity index (χ4n) is 7.89. The number of hydrogen-bond acceptors (Lipinski definition) is 10. The summed E-state index contributed by atoms with van der Waals surface area (Å²) in [7, 11) is 3.56. The van der Waals surface area contributed by atoms with Gasteiger partial charge in [0.05, 0.1) is 17.1 Å². The fraction of sp³-hybridized carbons (Fsp3) is 0.689. The molecule has 3 amide bonds. The lowest BCUT2D eigenvalue weighted by Gasteiger charge is -2.40. The maximum absolute atomic E-state index is 14.9. The number of likely N-dealkylation sites (N-methyl/N-ethyl adjacent to an activating group) is 1. The summed E-state index contributed by atoms with van der Waals surface area (Å²) in [5.41, 5.74) is -0.250. The van der Waals surface area contributed by atoms with Crippen molar-refractivity contribution < 1.29 is 38.2 Å². The second-order valence-electron chi connectivity index (χ2n) is 17.5. The summed E-state index contributed by atoms with van der Waals surface area (Å²) in [6.45, 7) is 15.9. The molecule has 15 heteroatoms. The molecule has 2 aromatic rings. The second kappa shape index (κ2) is 23.8. The predicted molar refractivity (Wildman–Crippen MR) is 234 cm³/mol. The summed E-state index contributed by atoms with van der Waals surface area (Å²) < 4.78 is 20.6. The number of aromatic nitrogens is 1. The van der Waals surface area contributed by atoms with E-state index in [1.165, 1.54) is 13.0 Å². The molecule has 336 valence electrons. The molecule has 0 spiro atoms. The van der Waals surface area contributed by atoms with Crippen LogP contribution in [0.15, 0.2) is 23.6 Å². The highest BCUT2D eigenvalue weighted by molar-refractivity contribution is 7.09.